The number of ether oxygens (including phenoxy) is 1. The van der Waals surface area contributed by atoms with E-state index in [0.29, 0.717) is 46.9 Å². The molecule has 6 heterocycles. The molecule has 4 aliphatic heterocycles. The van der Waals surface area contributed by atoms with E-state index in [4.69, 9.17) is 10.5 Å². The predicted octanol–water partition coefficient (Wildman–Crippen LogP) is 4.64. The van der Waals surface area contributed by atoms with E-state index in [1.165, 1.54) is 19.2 Å². The molecular formula is C50H51FN10O6. The zero-order valence-corrected chi connectivity index (χ0v) is 37.1. The predicted molar refractivity (Wildman–Crippen MR) is 251 cm³/mol. The number of benzene rings is 4. The van der Waals surface area contributed by atoms with Crippen molar-refractivity contribution in [1.29, 1.82) is 0 Å². The number of nitrogens with zero attached hydrogens (tertiary/aromatic N) is 7. The third-order valence-electron chi connectivity index (χ3n) is 13.7. The monoisotopic (exact) mass is 906 g/mol. The van der Waals surface area contributed by atoms with Crippen LogP contribution in [0.3, 0.4) is 0 Å². The van der Waals surface area contributed by atoms with Crippen molar-refractivity contribution in [3.8, 4) is 17.1 Å². The fourth-order valence-electron chi connectivity index (χ4n) is 10.1. The molecule has 10 rings (SSSR count). The molecule has 0 bridgehead atoms. The lowest BCUT2D eigenvalue weighted by atomic mass is 9.95. The highest BCUT2D eigenvalue weighted by Gasteiger charge is 2.39. The van der Waals surface area contributed by atoms with Gasteiger partial charge in [-0.3, -0.25) is 38.5 Å². The van der Waals surface area contributed by atoms with Crippen LogP contribution in [0.25, 0.3) is 22.4 Å². The van der Waals surface area contributed by atoms with Gasteiger partial charge in [-0.15, -0.1) is 0 Å². The van der Waals surface area contributed by atoms with Crippen molar-refractivity contribution in [2.45, 2.75) is 44.8 Å². The number of aromatic nitrogens is 3. The van der Waals surface area contributed by atoms with Crippen LogP contribution in [-0.4, -0.2) is 107 Å². The molecule has 3 fully saturated rings. The van der Waals surface area contributed by atoms with Crippen LogP contribution in [0.2, 0.25) is 0 Å². The van der Waals surface area contributed by atoms with E-state index in [0.717, 1.165) is 87.2 Å². The van der Waals surface area contributed by atoms with Crippen LogP contribution in [0.15, 0.2) is 102 Å². The summed E-state index contributed by atoms with van der Waals surface area (Å²) in [7, 11) is 1.42. The number of imide groups is 1. The van der Waals surface area contributed by atoms with Crippen LogP contribution in [-0.2, 0) is 22.7 Å². The van der Waals surface area contributed by atoms with E-state index in [2.05, 4.69) is 48.5 Å². The van der Waals surface area contributed by atoms with Crippen LogP contribution in [0.1, 0.15) is 57.5 Å². The largest absolute Gasteiger partial charge is 0.496 e. The summed E-state index contributed by atoms with van der Waals surface area (Å²) >= 11 is 0. The molecule has 4 amide bonds. The molecule has 0 saturated carbocycles. The molecule has 1 atom stereocenters. The molecule has 0 aliphatic carbocycles. The topological polar surface area (TPSA) is 180 Å². The minimum absolute atomic E-state index is 0.0945. The van der Waals surface area contributed by atoms with Gasteiger partial charge in [0.25, 0.3) is 11.8 Å². The Balaban J connectivity index is 0.739. The molecule has 4 aliphatic rings. The van der Waals surface area contributed by atoms with Crippen LogP contribution >= 0.6 is 0 Å². The molecule has 6 aromatic rings. The summed E-state index contributed by atoms with van der Waals surface area (Å²) in [6.07, 6.45) is 4.35. The van der Waals surface area contributed by atoms with Gasteiger partial charge in [0.1, 0.15) is 28.9 Å². The number of nitrogens with one attached hydrogen (secondary N) is 2. The van der Waals surface area contributed by atoms with Crippen molar-refractivity contribution in [3.63, 3.8) is 0 Å². The Morgan fingerprint density at radius 2 is 1.49 bits per heavy atom. The van der Waals surface area contributed by atoms with E-state index >= 15 is 0 Å². The van der Waals surface area contributed by atoms with E-state index in [1.807, 2.05) is 36.4 Å². The number of fused-ring (bicyclic) bond motifs is 2. The minimum atomic E-state index is -0.616. The standard InChI is InChI=1S/C50H51FN10O6/c1-67-43-14-4-34(51)27-40(43)47(63)54-28-31-2-5-37(6-3-31)61-45-41(16-19-53-46(45)52)60(50(61)66)36-9-7-35(8-10-36)58-24-22-56(23-25-58)29-32-17-20-57(21-18-32)38-11-12-39-33(26-38)30-59(49(39)65)42-13-15-44(62)55-48(42)64/h2-12,14,16,19,26-27,32,42H,13,15,17-18,20-25,28-30H2,1H3,(H2,52,53)(H,54,63)(H,55,62,64). The second kappa shape index (κ2) is 18.0. The number of piperazine rings is 1. The van der Waals surface area contributed by atoms with E-state index in [1.54, 1.807) is 38.4 Å². The number of imidazole rings is 1. The van der Waals surface area contributed by atoms with Gasteiger partial charge in [-0.25, -0.2) is 14.2 Å². The number of carbonyl (C=O) groups excluding carboxylic acids is 4. The molecule has 344 valence electrons. The van der Waals surface area contributed by atoms with Gasteiger partial charge in [-0.05, 0) is 115 Å². The quantitative estimate of drug-likeness (QED) is 0.154. The van der Waals surface area contributed by atoms with Crippen molar-refractivity contribution in [3.05, 3.63) is 136 Å². The number of rotatable bonds is 11. The second-order valence-corrected chi connectivity index (χ2v) is 17.7. The average Bonchev–Trinajstić information content (AvgIpc) is 3.84. The van der Waals surface area contributed by atoms with Crippen LogP contribution in [0.5, 0.6) is 5.75 Å². The summed E-state index contributed by atoms with van der Waals surface area (Å²) in [6.45, 7) is 7.17. The Hall–Kier alpha value is -7.53. The molecule has 2 aromatic heterocycles. The maximum Gasteiger partial charge on any atom is 0.338 e. The minimum Gasteiger partial charge on any atom is -0.496 e. The van der Waals surface area contributed by atoms with E-state index in [9.17, 15) is 28.4 Å². The Morgan fingerprint density at radius 3 is 2.22 bits per heavy atom. The highest BCUT2D eigenvalue weighted by atomic mass is 19.1. The number of piperidine rings is 2. The molecule has 67 heavy (non-hydrogen) atoms. The molecule has 0 spiro atoms. The van der Waals surface area contributed by atoms with Gasteiger partial charge in [-0.1, -0.05) is 12.1 Å². The smallest absolute Gasteiger partial charge is 0.338 e. The first-order valence-electron chi connectivity index (χ1n) is 22.7. The number of nitrogen functional groups attached to an aromatic ring is 1. The van der Waals surface area contributed by atoms with E-state index < -0.39 is 23.7 Å². The van der Waals surface area contributed by atoms with Crippen molar-refractivity contribution in [2.24, 2.45) is 5.92 Å². The number of methoxy groups -OCH3 is 1. The first kappa shape index (κ1) is 43.4. The Labute approximate surface area is 385 Å². The third kappa shape index (κ3) is 8.46. The van der Waals surface area contributed by atoms with Crippen LogP contribution in [0.4, 0.5) is 21.6 Å². The number of halogens is 1. The van der Waals surface area contributed by atoms with Gasteiger partial charge in [0.2, 0.25) is 11.8 Å². The van der Waals surface area contributed by atoms with Gasteiger partial charge in [0, 0.05) is 88.5 Å². The number of carbonyl (C=O) groups is 4. The average molecular weight is 907 g/mol. The lowest BCUT2D eigenvalue weighted by Crippen LogP contribution is -2.52. The first-order chi connectivity index (χ1) is 32.5. The fraction of sp³-hybridized carbons (Fsp3) is 0.320. The SMILES string of the molecule is COc1ccc(F)cc1C(=O)NCc1ccc(-n2c(=O)n(-c3ccc(N4CCN(CC5CCN(c6ccc7c(c6)CN(C6CCC(=O)NC6=O)C7=O)CC5)CC4)cc3)c3ccnc(N)c32)cc1. The van der Waals surface area contributed by atoms with Crippen molar-refractivity contribution in [1.82, 2.24) is 34.6 Å². The van der Waals surface area contributed by atoms with Gasteiger partial charge in [0.05, 0.1) is 29.6 Å². The van der Waals surface area contributed by atoms with Crippen LogP contribution < -0.4 is 36.6 Å². The normalized spacial score (nSPS) is 18.1. The molecule has 3 saturated heterocycles. The first-order valence-corrected chi connectivity index (χ1v) is 22.7. The van der Waals surface area contributed by atoms with Gasteiger partial charge >= 0.3 is 5.69 Å². The highest BCUT2D eigenvalue weighted by Crippen LogP contribution is 2.33. The van der Waals surface area contributed by atoms with Crippen molar-refractivity contribution >= 4 is 51.9 Å². The fourth-order valence-corrected chi connectivity index (χ4v) is 10.1. The van der Waals surface area contributed by atoms with E-state index in [-0.39, 0.29) is 47.6 Å². The molecule has 1 unspecified atom stereocenters. The van der Waals surface area contributed by atoms with Gasteiger partial charge < -0.3 is 30.5 Å². The number of pyridine rings is 1. The molecule has 4 aromatic carbocycles. The third-order valence-corrected chi connectivity index (χ3v) is 13.7. The van der Waals surface area contributed by atoms with Gasteiger partial charge in [0.15, 0.2) is 0 Å². The summed E-state index contributed by atoms with van der Waals surface area (Å²) in [4.78, 5) is 77.7. The number of amides is 4. The zero-order chi connectivity index (χ0) is 46.3. The highest BCUT2D eigenvalue weighted by molar-refractivity contribution is 6.05. The Bertz CT molecular complexity index is 2950. The summed E-state index contributed by atoms with van der Waals surface area (Å²) < 4.78 is 22.3. The van der Waals surface area contributed by atoms with Crippen molar-refractivity contribution in [2.75, 3.05) is 68.5 Å². The Kier molecular flexibility index (Phi) is 11.7. The van der Waals surface area contributed by atoms with Crippen LogP contribution in [0, 0.1) is 11.7 Å². The maximum atomic E-state index is 14.3. The van der Waals surface area contributed by atoms with Crippen molar-refractivity contribution < 1.29 is 28.3 Å². The second-order valence-electron chi connectivity index (χ2n) is 17.7. The lowest BCUT2D eigenvalue weighted by molar-refractivity contribution is -0.136. The lowest BCUT2D eigenvalue weighted by Gasteiger charge is -2.40. The summed E-state index contributed by atoms with van der Waals surface area (Å²) in [5.41, 5.74) is 13.1. The molecule has 0 radical (unpaired) electrons. The molecule has 17 heteroatoms. The number of anilines is 3. The molecular weight excluding hydrogens is 856 g/mol. The Morgan fingerprint density at radius 1 is 0.806 bits per heavy atom. The number of nitrogens with two attached hydrogens (primary N) is 1. The summed E-state index contributed by atoms with van der Waals surface area (Å²) in [5, 5.41) is 5.18. The maximum absolute atomic E-state index is 14.3. The molecule has 16 nitrogen and oxygen atoms in total. The summed E-state index contributed by atoms with van der Waals surface area (Å²) in [6, 6.07) is 26.2. The van der Waals surface area contributed by atoms with Gasteiger partial charge in [-0.2, -0.15) is 0 Å². The summed E-state index contributed by atoms with van der Waals surface area (Å²) in [5.74, 6) is -0.774. The number of hydrogen-bond donors (Lipinski definition) is 3. The zero-order valence-electron chi connectivity index (χ0n) is 37.1. The number of hydrogen-bond acceptors (Lipinski definition) is 11. The molecule has 4 N–H and O–H groups in total.